The van der Waals surface area contributed by atoms with Gasteiger partial charge in [0.1, 0.15) is 244 Å². The standard InChI is InChI=1S/C62H105NO51/c1-12(72)63-23-33(82)46(20(9-71)98-53(23)95)108-59-45(94)49(111-61-52(39(88)29(78)17(6-68)104-61)114-62-51(38(87)28(77)18(7-69)105-62)113-58-44(93)47(30(79)19(8-70)102-58)109-56-41(90)35(84)25(74)14(3-65)100-56)32(81)22(107-59)11-97-55-43(92)48(31(80)21(106-55)10-96-54-40(89)34(83)24(73)13(2-64)99-54)110-60-50(37(86)27(76)16(5-67)103-60)112-57-42(91)36(85)26(75)15(4-66)101-57/h13-62,64-71,73-95H,2-11H2,1H3,(H,63,72)/t13-,14-,15-,16-,17-,18-,19-,20-,21-,22-,23-,24-,25-,26-,27-,28-,29-,30-,31-,32-,33-,34+,35+,36+,37-,38+,39+,40+,41-,42+,43+,44+,45+,46-,47+,48+,49+,50+,51+,52+,53?,54+,55+,56-,57-,58-,59+,60-,61-,62-/m1/s1. The Morgan fingerprint density at radius 2 is 0.456 bits per heavy atom. The van der Waals surface area contributed by atoms with Crippen molar-refractivity contribution in [1.82, 2.24) is 5.32 Å². The van der Waals surface area contributed by atoms with E-state index >= 15 is 0 Å². The molecule has 52 nitrogen and oxygen atoms in total. The van der Waals surface area contributed by atoms with Crippen LogP contribution in [-0.2, 0) is 94.8 Å². The molecule has 10 saturated heterocycles. The minimum atomic E-state index is -2.58. The Hall–Kier alpha value is -2.53. The summed E-state index contributed by atoms with van der Waals surface area (Å²) in [7, 11) is 0. The molecule has 0 aromatic heterocycles. The predicted octanol–water partition coefficient (Wildman–Crippen LogP) is -22.7. The Morgan fingerprint density at radius 3 is 0.798 bits per heavy atom. The van der Waals surface area contributed by atoms with Gasteiger partial charge < -0.3 is 254 Å². The van der Waals surface area contributed by atoms with Crippen molar-refractivity contribution >= 4 is 5.91 Å². The summed E-state index contributed by atoms with van der Waals surface area (Å²) in [5.74, 6) is -0.880. The average Bonchev–Trinajstić information content (AvgIpc) is 0.763. The fourth-order valence-corrected chi connectivity index (χ4v) is 14.6. The molecule has 0 radical (unpaired) electrons. The van der Waals surface area contributed by atoms with Crippen molar-refractivity contribution in [3.05, 3.63) is 0 Å². The number of carbonyl (C=O) groups excluding carboxylic acids is 1. The molecule has 50 atom stereocenters. The molecule has 10 aliphatic rings. The number of aliphatic hydroxyl groups excluding tert-OH is 31. The van der Waals surface area contributed by atoms with Crippen LogP contribution in [0.25, 0.3) is 0 Å². The van der Waals surface area contributed by atoms with Crippen LogP contribution in [0.2, 0.25) is 0 Å². The van der Waals surface area contributed by atoms with Gasteiger partial charge in [0, 0.05) is 6.92 Å². The van der Waals surface area contributed by atoms with Gasteiger partial charge in [-0.1, -0.05) is 0 Å². The summed E-state index contributed by atoms with van der Waals surface area (Å²) in [6.45, 7) is -10.2. The lowest BCUT2D eigenvalue weighted by molar-refractivity contribution is -0.411. The Labute approximate surface area is 642 Å². The second kappa shape index (κ2) is 40.6. The molecule has 52 heteroatoms. The molecule has 10 fully saturated rings. The van der Waals surface area contributed by atoms with E-state index in [9.17, 15) is 163 Å². The Morgan fingerprint density at radius 1 is 0.228 bits per heavy atom. The van der Waals surface area contributed by atoms with E-state index in [-0.39, 0.29) is 0 Å². The lowest BCUT2D eigenvalue weighted by Gasteiger charge is -2.51. The zero-order valence-corrected chi connectivity index (χ0v) is 60.0. The van der Waals surface area contributed by atoms with E-state index in [0.29, 0.717) is 0 Å². The van der Waals surface area contributed by atoms with Gasteiger partial charge in [-0.15, -0.1) is 0 Å². The maximum Gasteiger partial charge on any atom is 0.217 e. The van der Waals surface area contributed by atoms with E-state index in [4.69, 9.17) is 90.0 Å². The summed E-state index contributed by atoms with van der Waals surface area (Å²) in [6, 6.07) is -1.81. The van der Waals surface area contributed by atoms with E-state index in [0.717, 1.165) is 6.92 Å². The highest BCUT2D eigenvalue weighted by Gasteiger charge is 2.61. The summed E-state index contributed by atoms with van der Waals surface area (Å²) >= 11 is 0. The van der Waals surface area contributed by atoms with Crippen LogP contribution in [0.5, 0.6) is 0 Å². The lowest BCUT2D eigenvalue weighted by Crippen LogP contribution is -2.69. The van der Waals surface area contributed by atoms with Gasteiger partial charge in [-0.3, -0.25) is 4.79 Å². The number of nitrogens with one attached hydrogen (secondary N) is 1. The summed E-state index contributed by atoms with van der Waals surface area (Å²) in [5.41, 5.74) is 0. The highest BCUT2D eigenvalue weighted by atomic mass is 16.8. The third-order valence-electron chi connectivity index (χ3n) is 21.3. The fourth-order valence-electron chi connectivity index (χ4n) is 14.6. The quantitative estimate of drug-likeness (QED) is 0.0331. The van der Waals surface area contributed by atoms with Crippen LogP contribution < -0.4 is 5.32 Å². The van der Waals surface area contributed by atoms with Crippen LogP contribution in [-0.4, -0.2) is 537 Å². The molecule has 10 aliphatic heterocycles. The number of rotatable bonds is 29. The van der Waals surface area contributed by atoms with E-state index < -0.39 is 379 Å². The predicted molar refractivity (Wildman–Crippen MR) is 341 cm³/mol. The van der Waals surface area contributed by atoms with Crippen LogP contribution >= 0.6 is 0 Å². The Balaban J connectivity index is 0.973. The van der Waals surface area contributed by atoms with E-state index in [1.54, 1.807) is 0 Å². The van der Waals surface area contributed by atoms with E-state index in [1.807, 2.05) is 0 Å². The van der Waals surface area contributed by atoms with Gasteiger partial charge in [0.25, 0.3) is 0 Å². The second-order valence-corrected chi connectivity index (χ2v) is 28.8. The molecule has 10 heterocycles. The van der Waals surface area contributed by atoms with Gasteiger partial charge in [0.15, 0.2) is 62.9 Å². The molecule has 32 N–H and O–H groups in total. The Kier molecular flexibility index (Phi) is 33.4. The van der Waals surface area contributed by atoms with Crippen LogP contribution in [0.1, 0.15) is 6.92 Å². The normalized spacial score (nSPS) is 52.6. The summed E-state index contributed by atoms with van der Waals surface area (Å²) < 4.78 is 110. The van der Waals surface area contributed by atoms with Crippen LogP contribution in [0.4, 0.5) is 0 Å². The molecule has 664 valence electrons. The molecule has 0 bridgehead atoms. The van der Waals surface area contributed by atoms with Crippen LogP contribution in [0.15, 0.2) is 0 Å². The molecule has 0 aromatic carbocycles. The highest BCUT2D eigenvalue weighted by Crippen LogP contribution is 2.41. The molecule has 1 unspecified atom stereocenters. The van der Waals surface area contributed by atoms with Gasteiger partial charge in [-0.05, 0) is 0 Å². The Bertz CT molecular complexity index is 2920. The maximum atomic E-state index is 12.6. The summed E-state index contributed by atoms with van der Waals surface area (Å²) in [4.78, 5) is 12.4. The van der Waals surface area contributed by atoms with Crippen molar-refractivity contribution in [2.75, 3.05) is 66.1 Å². The number of amides is 1. The van der Waals surface area contributed by atoms with Gasteiger partial charge in [0.05, 0.1) is 66.1 Å². The number of aliphatic hydroxyl groups is 31. The van der Waals surface area contributed by atoms with E-state index in [2.05, 4.69) is 5.32 Å². The molecular formula is C62H105NO51. The molecule has 114 heavy (non-hydrogen) atoms. The summed E-state index contributed by atoms with van der Waals surface area (Å²) in [6.07, 6.45) is -106. The van der Waals surface area contributed by atoms with Gasteiger partial charge in [-0.2, -0.15) is 0 Å². The third kappa shape index (κ3) is 19.7. The molecule has 0 aromatic rings. The van der Waals surface area contributed by atoms with Crippen molar-refractivity contribution in [3.63, 3.8) is 0 Å². The molecule has 1 amide bonds. The number of hydrogen-bond acceptors (Lipinski definition) is 51. The van der Waals surface area contributed by atoms with Crippen molar-refractivity contribution < 1.29 is 253 Å². The van der Waals surface area contributed by atoms with Crippen LogP contribution in [0.3, 0.4) is 0 Å². The van der Waals surface area contributed by atoms with Gasteiger partial charge in [0.2, 0.25) is 5.91 Å². The largest absolute Gasteiger partial charge is 0.394 e. The SMILES string of the molecule is CC(=O)N[C@H]1C(O)O[C@H](CO)[C@@H](O[C@@H]2O[C@H](CO[C@H]3O[C@H](CO[C@H]4O[C@H](CO)[C@@H](O)[C@H](O)[C@@H]4O)[C@@H](O)[C@H](O[C@H]4O[C@H](CO)[C@@H](O)[C@@H](O)[C@@H]4O[C@H]4O[C@H](CO)[C@@H](O)[C@H](O)[C@@H]4O)[C@@H]3O)[C@@H](O)[C@H](O[C@H]3O[C@H](CO)[C@@H](O)[C@H](O)[C@@H]3O[C@H]3O[C@H](CO)[C@@H](O)[C@H](O)[C@@H]3O[C@H]3O[C@H](CO)[C@@H](O)[C@H](O[C@H]4O[C@H](CO)[C@@H](O)[C@H](O)[C@H]4O)[C@@H]3O)[C@@H]2O)[C@@H]1O. The number of carbonyl (C=O) groups is 1. The zero-order chi connectivity index (χ0) is 83.7. The van der Waals surface area contributed by atoms with Crippen LogP contribution in [0, 0.1) is 0 Å². The zero-order valence-electron chi connectivity index (χ0n) is 60.0. The highest BCUT2D eigenvalue weighted by molar-refractivity contribution is 5.73. The fraction of sp³-hybridized carbons (Fsp3) is 0.984. The molecule has 0 spiro atoms. The molecule has 0 aliphatic carbocycles. The first-order valence-electron chi connectivity index (χ1n) is 36.2. The average molecular weight is 1680 g/mol. The van der Waals surface area contributed by atoms with Gasteiger partial charge in [-0.25, -0.2) is 0 Å². The second-order valence-electron chi connectivity index (χ2n) is 28.8. The monoisotopic (exact) mass is 1680 g/mol. The van der Waals surface area contributed by atoms with Crippen molar-refractivity contribution in [2.45, 2.75) is 314 Å². The first-order chi connectivity index (χ1) is 54.0. The van der Waals surface area contributed by atoms with Crippen molar-refractivity contribution in [2.24, 2.45) is 0 Å². The first kappa shape index (κ1) is 93.7. The van der Waals surface area contributed by atoms with Gasteiger partial charge >= 0.3 is 0 Å². The maximum absolute atomic E-state index is 12.6. The van der Waals surface area contributed by atoms with E-state index in [1.165, 1.54) is 0 Å². The molecular weight excluding hydrogens is 1570 g/mol. The third-order valence-corrected chi connectivity index (χ3v) is 21.3. The molecule has 10 rings (SSSR count). The first-order valence-corrected chi connectivity index (χ1v) is 36.2. The topological polar surface area (TPSA) is 832 Å². The summed E-state index contributed by atoms with van der Waals surface area (Å²) in [5, 5.41) is 344. The number of ether oxygens (including phenoxy) is 19. The smallest absolute Gasteiger partial charge is 0.217 e. The minimum Gasteiger partial charge on any atom is -0.394 e. The minimum absolute atomic E-state index is 0.880. The van der Waals surface area contributed by atoms with Crippen molar-refractivity contribution in [1.29, 1.82) is 0 Å². The lowest BCUT2D eigenvalue weighted by atomic mass is 9.94. The van der Waals surface area contributed by atoms with Crippen molar-refractivity contribution in [3.8, 4) is 0 Å². The molecule has 0 saturated carbocycles. The number of hydrogen-bond donors (Lipinski definition) is 32.